The summed E-state index contributed by atoms with van der Waals surface area (Å²) in [5, 5.41) is 0. The van der Waals surface area contributed by atoms with Gasteiger partial charge >= 0.3 is 0 Å². The molecule has 0 bridgehead atoms. The Morgan fingerprint density at radius 3 is 2.44 bits per heavy atom. The summed E-state index contributed by atoms with van der Waals surface area (Å²) in [4.78, 5) is 11.4. The fourth-order valence-corrected chi connectivity index (χ4v) is 1.37. The van der Waals surface area contributed by atoms with Crippen molar-refractivity contribution in [2.75, 3.05) is 7.11 Å². The van der Waals surface area contributed by atoms with Gasteiger partial charge in [0.25, 0.3) is 0 Å². The van der Waals surface area contributed by atoms with E-state index < -0.39 is 0 Å². The molecule has 0 amide bonds. The molecule has 1 aromatic rings. The summed E-state index contributed by atoms with van der Waals surface area (Å²) in [5.41, 5.74) is 1.01. The van der Waals surface area contributed by atoms with Gasteiger partial charge in [-0.2, -0.15) is 0 Å². The van der Waals surface area contributed by atoms with Gasteiger partial charge < -0.3 is 4.74 Å². The number of hydrogen-bond acceptors (Lipinski definition) is 2. The minimum Gasteiger partial charge on any atom is -0.497 e. The lowest BCUT2D eigenvalue weighted by Gasteiger charge is -2.00. The van der Waals surface area contributed by atoms with E-state index in [2.05, 4.69) is 0 Å². The second kappa shape index (κ2) is 6.11. The molecule has 0 fully saturated rings. The van der Waals surface area contributed by atoms with Crippen LogP contribution in [0.2, 0.25) is 0 Å². The van der Waals surface area contributed by atoms with Crippen LogP contribution in [-0.4, -0.2) is 12.9 Å². The van der Waals surface area contributed by atoms with Crippen LogP contribution in [-0.2, 0) is 4.79 Å². The molecule has 2 nitrogen and oxygen atoms in total. The van der Waals surface area contributed by atoms with Crippen LogP contribution in [0.15, 0.2) is 30.3 Å². The Balaban J connectivity index is 2.58. The van der Waals surface area contributed by atoms with E-state index >= 15 is 0 Å². The molecule has 0 atom stereocenters. The van der Waals surface area contributed by atoms with Gasteiger partial charge in [-0.25, -0.2) is 0 Å². The lowest BCUT2D eigenvalue weighted by atomic mass is 10.1. The van der Waals surface area contributed by atoms with Crippen molar-refractivity contribution < 1.29 is 9.53 Å². The number of rotatable bonds is 5. The maximum absolute atomic E-state index is 11.4. The largest absolute Gasteiger partial charge is 0.497 e. The highest BCUT2D eigenvalue weighted by Crippen LogP contribution is 2.12. The van der Waals surface area contributed by atoms with Crippen LogP contribution >= 0.6 is 0 Å². The Labute approximate surface area is 96.9 Å². The van der Waals surface area contributed by atoms with E-state index in [-0.39, 0.29) is 5.78 Å². The van der Waals surface area contributed by atoms with Crippen molar-refractivity contribution in [3.05, 3.63) is 35.9 Å². The predicted octanol–water partition coefficient (Wildman–Crippen LogP) is 3.32. The quantitative estimate of drug-likeness (QED) is 0.709. The molecule has 0 heterocycles. The summed E-state index contributed by atoms with van der Waals surface area (Å²) in [6.07, 6.45) is 4.08. The van der Waals surface area contributed by atoms with Crippen LogP contribution in [0.1, 0.15) is 25.8 Å². The molecule has 2 heteroatoms. The predicted molar refractivity (Wildman–Crippen MR) is 66.5 cm³/mol. The average Bonchev–Trinajstić information content (AvgIpc) is 2.26. The van der Waals surface area contributed by atoms with Crippen molar-refractivity contribution in [2.24, 2.45) is 5.92 Å². The molecule has 0 aliphatic heterocycles. The molecule has 0 aliphatic rings. The van der Waals surface area contributed by atoms with Gasteiger partial charge in [0.2, 0.25) is 0 Å². The molecule has 0 spiro atoms. The molecule has 0 unspecified atom stereocenters. The van der Waals surface area contributed by atoms with Crippen LogP contribution in [0.4, 0.5) is 0 Å². The number of allylic oxidation sites excluding steroid dienone is 1. The average molecular weight is 218 g/mol. The molecule has 86 valence electrons. The van der Waals surface area contributed by atoms with Gasteiger partial charge in [0.15, 0.2) is 5.78 Å². The van der Waals surface area contributed by atoms with Crippen molar-refractivity contribution >= 4 is 11.9 Å². The number of ether oxygens (including phenoxy) is 1. The summed E-state index contributed by atoms with van der Waals surface area (Å²) >= 11 is 0. The van der Waals surface area contributed by atoms with E-state index in [1.807, 2.05) is 44.2 Å². The third kappa shape index (κ3) is 4.30. The van der Waals surface area contributed by atoms with Crippen LogP contribution in [0.25, 0.3) is 6.08 Å². The van der Waals surface area contributed by atoms with Crippen LogP contribution in [0.3, 0.4) is 0 Å². The van der Waals surface area contributed by atoms with Crippen molar-refractivity contribution in [3.63, 3.8) is 0 Å². The first kappa shape index (κ1) is 12.5. The number of carbonyl (C=O) groups excluding carboxylic acids is 1. The van der Waals surface area contributed by atoms with E-state index in [0.717, 1.165) is 11.3 Å². The van der Waals surface area contributed by atoms with E-state index in [4.69, 9.17) is 4.74 Å². The maximum Gasteiger partial charge on any atom is 0.155 e. The number of carbonyl (C=O) groups is 1. The van der Waals surface area contributed by atoms with Crippen LogP contribution in [0, 0.1) is 5.92 Å². The zero-order valence-corrected chi connectivity index (χ0v) is 10.1. The molecule has 0 N–H and O–H groups in total. The molecular formula is C14H18O2. The SMILES string of the molecule is COc1ccc(/C=C/C(=O)CC(C)C)cc1. The van der Waals surface area contributed by atoms with Gasteiger partial charge in [-0.05, 0) is 29.7 Å². The first-order valence-electron chi connectivity index (χ1n) is 5.47. The minimum atomic E-state index is 0.172. The van der Waals surface area contributed by atoms with Gasteiger partial charge in [0, 0.05) is 6.42 Å². The van der Waals surface area contributed by atoms with Crippen molar-refractivity contribution in [3.8, 4) is 5.75 Å². The molecule has 1 aromatic carbocycles. The Kier molecular flexibility index (Phi) is 4.77. The highest BCUT2D eigenvalue weighted by atomic mass is 16.5. The molecule has 0 aliphatic carbocycles. The van der Waals surface area contributed by atoms with Gasteiger partial charge in [0.05, 0.1) is 7.11 Å². The van der Waals surface area contributed by atoms with Gasteiger partial charge in [0.1, 0.15) is 5.75 Å². The number of benzene rings is 1. The first-order valence-corrected chi connectivity index (χ1v) is 5.47. The highest BCUT2D eigenvalue weighted by molar-refractivity contribution is 5.93. The normalized spacial score (nSPS) is 11.0. The van der Waals surface area contributed by atoms with Crippen molar-refractivity contribution in [2.45, 2.75) is 20.3 Å². The maximum atomic E-state index is 11.4. The summed E-state index contributed by atoms with van der Waals surface area (Å²) in [6.45, 7) is 4.08. The Morgan fingerprint density at radius 2 is 1.94 bits per heavy atom. The van der Waals surface area contributed by atoms with Gasteiger partial charge in [-0.15, -0.1) is 0 Å². The van der Waals surface area contributed by atoms with E-state index in [1.54, 1.807) is 13.2 Å². The fraction of sp³-hybridized carbons (Fsp3) is 0.357. The van der Waals surface area contributed by atoms with Gasteiger partial charge in [-0.3, -0.25) is 4.79 Å². The molecule has 16 heavy (non-hydrogen) atoms. The van der Waals surface area contributed by atoms with Crippen molar-refractivity contribution in [1.29, 1.82) is 0 Å². The summed E-state index contributed by atoms with van der Waals surface area (Å²) < 4.78 is 5.06. The zero-order valence-electron chi connectivity index (χ0n) is 10.1. The second-order valence-electron chi connectivity index (χ2n) is 4.17. The monoisotopic (exact) mass is 218 g/mol. The first-order chi connectivity index (χ1) is 7.61. The Morgan fingerprint density at radius 1 is 1.31 bits per heavy atom. The molecule has 1 rings (SSSR count). The lowest BCUT2D eigenvalue weighted by Crippen LogP contribution is -1.98. The molecular weight excluding hydrogens is 200 g/mol. The standard InChI is InChI=1S/C14H18O2/c1-11(2)10-13(15)7-4-12-5-8-14(16-3)9-6-12/h4-9,11H,10H2,1-3H3/b7-4+. The molecule has 0 radical (unpaired) electrons. The second-order valence-corrected chi connectivity index (χ2v) is 4.17. The number of ketones is 1. The Hall–Kier alpha value is -1.57. The summed E-state index contributed by atoms with van der Waals surface area (Å²) in [7, 11) is 1.64. The Bertz CT molecular complexity index is 361. The van der Waals surface area contributed by atoms with E-state index in [9.17, 15) is 4.79 Å². The third-order valence-electron chi connectivity index (χ3n) is 2.19. The smallest absolute Gasteiger partial charge is 0.155 e. The number of methoxy groups -OCH3 is 1. The van der Waals surface area contributed by atoms with Crippen molar-refractivity contribution in [1.82, 2.24) is 0 Å². The third-order valence-corrected chi connectivity index (χ3v) is 2.19. The van der Waals surface area contributed by atoms with Crippen LogP contribution < -0.4 is 4.74 Å². The summed E-state index contributed by atoms with van der Waals surface area (Å²) in [5.74, 6) is 1.41. The zero-order chi connectivity index (χ0) is 12.0. The van der Waals surface area contributed by atoms with E-state index in [1.165, 1.54) is 0 Å². The number of hydrogen-bond donors (Lipinski definition) is 0. The fourth-order valence-electron chi connectivity index (χ4n) is 1.37. The van der Waals surface area contributed by atoms with E-state index in [0.29, 0.717) is 12.3 Å². The topological polar surface area (TPSA) is 26.3 Å². The highest BCUT2D eigenvalue weighted by Gasteiger charge is 2.00. The van der Waals surface area contributed by atoms with Gasteiger partial charge in [-0.1, -0.05) is 32.1 Å². The van der Waals surface area contributed by atoms with Crippen LogP contribution in [0.5, 0.6) is 5.75 Å². The lowest BCUT2D eigenvalue weighted by molar-refractivity contribution is -0.115. The molecule has 0 saturated heterocycles. The minimum absolute atomic E-state index is 0.172. The summed E-state index contributed by atoms with van der Waals surface area (Å²) in [6, 6.07) is 7.62. The molecule has 0 aromatic heterocycles. The molecule has 0 saturated carbocycles.